The summed E-state index contributed by atoms with van der Waals surface area (Å²) in [7, 11) is 4.01. The molecule has 2 rings (SSSR count). The molecule has 0 amide bonds. The molecule has 4 nitrogen and oxygen atoms in total. The third kappa shape index (κ3) is 3.82. The molecule has 0 saturated carbocycles. The maximum atomic E-state index is 10.4. The van der Waals surface area contributed by atoms with Crippen LogP contribution >= 0.6 is 11.6 Å². The Balaban J connectivity index is 2.12. The molecule has 0 aliphatic rings. The molecular formula is C15H20ClN3O. The van der Waals surface area contributed by atoms with Gasteiger partial charge >= 0.3 is 0 Å². The van der Waals surface area contributed by atoms with Crippen molar-refractivity contribution in [2.24, 2.45) is 0 Å². The van der Waals surface area contributed by atoms with Crippen LogP contribution in [0.1, 0.15) is 17.4 Å². The largest absolute Gasteiger partial charge is 0.386 e. The topological polar surface area (TPSA) is 41.3 Å². The quantitative estimate of drug-likeness (QED) is 0.889. The van der Waals surface area contributed by atoms with Crippen LogP contribution < -0.4 is 0 Å². The fourth-order valence-electron chi connectivity index (χ4n) is 2.11. The van der Waals surface area contributed by atoms with Crippen molar-refractivity contribution in [3.8, 4) is 0 Å². The lowest BCUT2D eigenvalue weighted by atomic mass is 10.1. The molecule has 1 heterocycles. The molecule has 0 aliphatic carbocycles. The van der Waals surface area contributed by atoms with E-state index in [1.165, 1.54) is 0 Å². The van der Waals surface area contributed by atoms with Gasteiger partial charge in [-0.25, -0.2) is 0 Å². The highest BCUT2D eigenvalue weighted by atomic mass is 35.5. The molecule has 20 heavy (non-hydrogen) atoms. The van der Waals surface area contributed by atoms with Gasteiger partial charge in [-0.1, -0.05) is 41.9 Å². The van der Waals surface area contributed by atoms with E-state index in [4.69, 9.17) is 11.6 Å². The lowest BCUT2D eigenvalue weighted by molar-refractivity contribution is 0.165. The first-order valence-corrected chi connectivity index (χ1v) is 7.03. The number of aliphatic hydroxyl groups is 1. The molecule has 0 bridgehead atoms. The first-order chi connectivity index (χ1) is 9.58. The maximum absolute atomic E-state index is 10.4. The Kier molecular flexibility index (Phi) is 5.17. The van der Waals surface area contributed by atoms with Gasteiger partial charge in [-0.15, -0.1) is 0 Å². The van der Waals surface area contributed by atoms with Gasteiger partial charge in [-0.2, -0.15) is 5.10 Å². The normalized spacial score (nSPS) is 12.8. The second-order valence-corrected chi connectivity index (χ2v) is 5.52. The number of rotatable bonds is 6. The van der Waals surface area contributed by atoms with Crippen LogP contribution in [-0.4, -0.2) is 40.4 Å². The number of aromatic nitrogens is 2. The van der Waals surface area contributed by atoms with E-state index in [1.54, 1.807) is 10.9 Å². The summed E-state index contributed by atoms with van der Waals surface area (Å²) in [5.41, 5.74) is 1.77. The summed E-state index contributed by atoms with van der Waals surface area (Å²) in [5, 5.41) is 15.2. The van der Waals surface area contributed by atoms with Crippen LogP contribution in [0.15, 0.2) is 36.5 Å². The van der Waals surface area contributed by atoms with Crippen molar-refractivity contribution in [1.82, 2.24) is 14.7 Å². The highest BCUT2D eigenvalue weighted by molar-refractivity contribution is 6.31. The van der Waals surface area contributed by atoms with Crippen molar-refractivity contribution in [2.75, 3.05) is 20.6 Å². The second kappa shape index (κ2) is 6.88. The highest BCUT2D eigenvalue weighted by Gasteiger charge is 2.18. The molecule has 1 N–H and O–H groups in total. The average molecular weight is 294 g/mol. The van der Waals surface area contributed by atoms with Crippen molar-refractivity contribution < 1.29 is 5.11 Å². The molecule has 5 heteroatoms. The summed E-state index contributed by atoms with van der Waals surface area (Å²) in [4.78, 5) is 2.07. The van der Waals surface area contributed by atoms with Gasteiger partial charge in [0.15, 0.2) is 0 Å². The molecule has 2 aromatic rings. The van der Waals surface area contributed by atoms with Gasteiger partial charge in [0.05, 0.1) is 23.5 Å². The number of nitrogens with zero attached hydrogens (tertiary/aromatic N) is 3. The van der Waals surface area contributed by atoms with Crippen LogP contribution in [0.4, 0.5) is 0 Å². The molecule has 0 spiro atoms. The standard InChI is InChI=1S/C15H20ClN3O/c1-18(2)8-9-19-15(13(16)11-17-19)14(20)10-12-6-4-3-5-7-12/h3-7,11,14,20H,8-10H2,1-2H3. The van der Waals surface area contributed by atoms with Gasteiger partial charge in [0.2, 0.25) is 0 Å². The zero-order valence-electron chi connectivity index (χ0n) is 11.8. The van der Waals surface area contributed by atoms with Crippen LogP contribution in [-0.2, 0) is 13.0 Å². The number of benzene rings is 1. The van der Waals surface area contributed by atoms with Gasteiger partial charge < -0.3 is 10.0 Å². The van der Waals surface area contributed by atoms with Crippen molar-refractivity contribution in [3.05, 3.63) is 52.8 Å². The zero-order valence-corrected chi connectivity index (χ0v) is 12.6. The SMILES string of the molecule is CN(C)CCn1ncc(Cl)c1C(O)Cc1ccccc1. The predicted octanol–water partition coefficient (Wildman–Crippen LogP) is 2.37. The minimum Gasteiger partial charge on any atom is -0.386 e. The third-order valence-corrected chi connectivity index (χ3v) is 3.47. The van der Waals surface area contributed by atoms with Crippen molar-refractivity contribution in [1.29, 1.82) is 0 Å². The minimum atomic E-state index is -0.644. The van der Waals surface area contributed by atoms with Crippen molar-refractivity contribution in [2.45, 2.75) is 19.1 Å². The van der Waals surface area contributed by atoms with Gasteiger partial charge in [-0.05, 0) is 19.7 Å². The lowest BCUT2D eigenvalue weighted by Crippen LogP contribution is -2.21. The molecule has 0 fully saturated rings. The minimum absolute atomic E-state index is 0.521. The summed E-state index contributed by atoms with van der Waals surface area (Å²) < 4.78 is 1.79. The molecule has 0 radical (unpaired) electrons. The highest BCUT2D eigenvalue weighted by Crippen LogP contribution is 2.25. The van der Waals surface area contributed by atoms with Crippen LogP contribution in [0, 0.1) is 0 Å². The number of hydrogen-bond donors (Lipinski definition) is 1. The summed E-state index contributed by atoms with van der Waals surface area (Å²) in [5.74, 6) is 0. The van der Waals surface area contributed by atoms with E-state index in [2.05, 4.69) is 10.00 Å². The van der Waals surface area contributed by atoms with Crippen LogP contribution in [0.5, 0.6) is 0 Å². The molecule has 1 atom stereocenters. The smallest absolute Gasteiger partial charge is 0.101 e. The average Bonchev–Trinajstić information content (AvgIpc) is 2.78. The van der Waals surface area contributed by atoms with Crippen molar-refractivity contribution in [3.63, 3.8) is 0 Å². The Morgan fingerprint density at radius 1 is 1.30 bits per heavy atom. The number of likely N-dealkylation sites (N-methyl/N-ethyl adjacent to an activating group) is 1. The van der Waals surface area contributed by atoms with Crippen LogP contribution in [0.2, 0.25) is 5.02 Å². The Morgan fingerprint density at radius 3 is 2.65 bits per heavy atom. The van der Waals surface area contributed by atoms with Gasteiger partial charge in [-0.3, -0.25) is 4.68 Å². The van der Waals surface area contributed by atoms with Crippen LogP contribution in [0.25, 0.3) is 0 Å². The first kappa shape index (κ1) is 15.0. The number of halogens is 1. The molecule has 1 unspecified atom stereocenters. The van der Waals surface area contributed by atoms with E-state index in [1.807, 2.05) is 44.4 Å². The molecular weight excluding hydrogens is 274 g/mol. The Morgan fingerprint density at radius 2 is 2.00 bits per heavy atom. The summed E-state index contributed by atoms with van der Waals surface area (Å²) in [6, 6.07) is 9.89. The van der Waals surface area contributed by atoms with E-state index >= 15 is 0 Å². The van der Waals surface area contributed by atoms with Crippen molar-refractivity contribution >= 4 is 11.6 Å². The lowest BCUT2D eigenvalue weighted by Gasteiger charge is -2.16. The van der Waals surface area contributed by atoms with E-state index in [9.17, 15) is 5.11 Å². The maximum Gasteiger partial charge on any atom is 0.101 e. The molecule has 1 aromatic heterocycles. The number of hydrogen-bond acceptors (Lipinski definition) is 3. The van der Waals surface area contributed by atoms with Gasteiger partial charge in [0, 0.05) is 13.0 Å². The molecule has 108 valence electrons. The summed E-state index contributed by atoms with van der Waals surface area (Å²) in [6.45, 7) is 1.56. The molecule has 1 aromatic carbocycles. The summed E-state index contributed by atoms with van der Waals surface area (Å²) in [6.07, 6.45) is 1.49. The second-order valence-electron chi connectivity index (χ2n) is 5.11. The van der Waals surface area contributed by atoms with E-state index in [0.717, 1.165) is 12.1 Å². The Bertz CT molecular complexity index is 539. The van der Waals surface area contributed by atoms with Gasteiger partial charge in [0.25, 0.3) is 0 Å². The predicted molar refractivity (Wildman–Crippen MR) is 80.9 cm³/mol. The molecule has 0 aliphatic heterocycles. The fourth-order valence-corrected chi connectivity index (χ4v) is 2.38. The van der Waals surface area contributed by atoms with Gasteiger partial charge in [0.1, 0.15) is 6.10 Å². The van der Waals surface area contributed by atoms with E-state index < -0.39 is 6.10 Å². The first-order valence-electron chi connectivity index (χ1n) is 6.66. The molecule has 0 saturated heterocycles. The summed E-state index contributed by atoms with van der Waals surface area (Å²) >= 11 is 6.16. The zero-order chi connectivity index (χ0) is 14.5. The number of aliphatic hydroxyl groups excluding tert-OH is 1. The fraction of sp³-hybridized carbons (Fsp3) is 0.400. The van der Waals surface area contributed by atoms with E-state index in [0.29, 0.717) is 23.7 Å². The third-order valence-electron chi connectivity index (χ3n) is 3.18. The van der Waals surface area contributed by atoms with E-state index in [-0.39, 0.29) is 0 Å². The Labute approximate surface area is 124 Å². The van der Waals surface area contributed by atoms with Crippen LogP contribution in [0.3, 0.4) is 0 Å². The monoisotopic (exact) mass is 293 g/mol. The Hall–Kier alpha value is -1.36.